The van der Waals surface area contributed by atoms with E-state index in [1.54, 1.807) is 0 Å². The van der Waals surface area contributed by atoms with Gasteiger partial charge in [0.2, 0.25) is 17.8 Å². The van der Waals surface area contributed by atoms with Gasteiger partial charge >= 0.3 is 0 Å². The molecule has 116 valence electrons. The molecule has 0 unspecified atom stereocenters. The number of rotatable bonds is 4. The average molecular weight is 290 g/mol. The summed E-state index contributed by atoms with van der Waals surface area (Å²) in [5.74, 6) is 2.36. The molecule has 6 heteroatoms. The topological polar surface area (TPSA) is 57.2 Å². The van der Waals surface area contributed by atoms with E-state index >= 15 is 0 Å². The van der Waals surface area contributed by atoms with Crippen LogP contribution < -0.4 is 15.1 Å². The van der Waals surface area contributed by atoms with E-state index in [1.165, 1.54) is 19.3 Å². The Morgan fingerprint density at radius 2 is 1.67 bits per heavy atom. The molecule has 0 saturated carbocycles. The molecule has 6 nitrogen and oxygen atoms in total. The quantitative estimate of drug-likeness (QED) is 0.917. The Morgan fingerprint density at radius 1 is 1.00 bits per heavy atom. The maximum absolute atomic E-state index is 4.73. The Kier molecular flexibility index (Phi) is 3.87. The van der Waals surface area contributed by atoms with E-state index in [-0.39, 0.29) is 0 Å². The van der Waals surface area contributed by atoms with Gasteiger partial charge in [-0.05, 0) is 31.6 Å². The van der Waals surface area contributed by atoms with Gasteiger partial charge in [0, 0.05) is 32.7 Å². The van der Waals surface area contributed by atoms with Crippen LogP contribution in [0.4, 0.5) is 17.8 Å². The first-order valence-corrected chi connectivity index (χ1v) is 8.07. The van der Waals surface area contributed by atoms with Crippen LogP contribution >= 0.6 is 0 Å². The van der Waals surface area contributed by atoms with E-state index in [4.69, 9.17) is 4.98 Å². The second-order valence-electron chi connectivity index (χ2n) is 6.82. The van der Waals surface area contributed by atoms with Crippen molar-refractivity contribution < 1.29 is 0 Å². The Balaban J connectivity index is 1.88. The number of hydrogen-bond acceptors (Lipinski definition) is 6. The van der Waals surface area contributed by atoms with Crippen molar-refractivity contribution in [2.45, 2.75) is 40.0 Å². The molecule has 1 aromatic rings. The Labute approximate surface area is 127 Å². The SMILES string of the molecule is CCNc1nc(N2CCCC2)nc(N2CCC(C)(C)C2)n1. The van der Waals surface area contributed by atoms with Crippen molar-refractivity contribution in [1.82, 2.24) is 15.0 Å². The van der Waals surface area contributed by atoms with Gasteiger partial charge in [-0.1, -0.05) is 13.8 Å². The summed E-state index contributed by atoms with van der Waals surface area (Å²) in [6.07, 6.45) is 3.65. The average Bonchev–Trinajstić information content (AvgIpc) is 3.08. The molecule has 0 bridgehead atoms. The van der Waals surface area contributed by atoms with Gasteiger partial charge in [0.1, 0.15) is 0 Å². The van der Waals surface area contributed by atoms with Crippen molar-refractivity contribution in [2.75, 3.05) is 47.8 Å². The molecule has 0 aliphatic carbocycles. The Morgan fingerprint density at radius 3 is 2.24 bits per heavy atom. The fraction of sp³-hybridized carbons (Fsp3) is 0.800. The molecule has 21 heavy (non-hydrogen) atoms. The molecule has 3 heterocycles. The lowest BCUT2D eigenvalue weighted by Gasteiger charge is -2.22. The molecule has 2 aliphatic heterocycles. The minimum atomic E-state index is 0.346. The largest absolute Gasteiger partial charge is 0.354 e. The van der Waals surface area contributed by atoms with Crippen LogP contribution in [0.3, 0.4) is 0 Å². The van der Waals surface area contributed by atoms with Crippen LogP contribution in [0.1, 0.15) is 40.0 Å². The maximum Gasteiger partial charge on any atom is 0.231 e. The predicted octanol–water partition coefficient (Wildman–Crippen LogP) is 2.14. The molecule has 3 rings (SSSR count). The minimum Gasteiger partial charge on any atom is -0.354 e. The van der Waals surface area contributed by atoms with Crippen LogP contribution in [0.15, 0.2) is 0 Å². The lowest BCUT2D eigenvalue weighted by molar-refractivity contribution is 0.418. The summed E-state index contributed by atoms with van der Waals surface area (Å²) in [6.45, 7) is 11.7. The van der Waals surface area contributed by atoms with Crippen molar-refractivity contribution >= 4 is 17.8 Å². The monoisotopic (exact) mass is 290 g/mol. The number of anilines is 3. The zero-order valence-electron chi connectivity index (χ0n) is 13.4. The van der Waals surface area contributed by atoms with Crippen LogP contribution in [0.2, 0.25) is 0 Å². The molecule has 1 aromatic heterocycles. The molecule has 0 radical (unpaired) electrons. The first-order valence-electron chi connectivity index (χ1n) is 8.07. The van der Waals surface area contributed by atoms with Crippen molar-refractivity contribution in [1.29, 1.82) is 0 Å². The standard InChI is InChI=1S/C15H26N6/c1-4-16-12-17-13(20-8-5-6-9-20)19-14(18-12)21-10-7-15(2,3)11-21/h4-11H2,1-3H3,(H,16,17,18,19). The molecule has 2 fully saturated rings. The third-order valence-corrected chi connectivity index (χ3v) is 4.30. The van der Waals surface area contributed by atoms with Crippen LogP contribution in [-0.4, -0.2) is 47.7 Å². The van der Waals surface area contributed by atoms with Gasteiger partial charge < -0.3 is 15.1 Å². The first kappa shape index (κ1) is 14.4. The maximum atomic E-state index is 4.73. The van der Waals surface area contributed by atoms with Crippen molar-refractivity contribution in [3.05, 3.63) is 0 Å². The van der Waals surface area contributed by atoms with E-state index in [9.17, 15) is 0 Å². The van der Waals surface area contributed by atoms with Gasteiger partial charge in [-0.25, -0.2) is 0 Å². The fourth-order valence-electron chi connectivity index (χ4n) is 3.07. The zero-order valence-corrected chi connectivity index (χ0v) is 13.4. The van der Waals surface area contributed by atoms with E-state index in [1.807, 2.05) is 0 Å². The smallest absolute Gasteiger partial charge is 0.231 e. The van der Waals surface area contributed by atoms with Crippen LogP contribution in [0.5, 0.6) is 0 Å². The van der Waals surface area contributed by atoms with Gasteiger partial charge in [-0.3, -0.25) is 0 Å². The second kappa shape index (κ2) is 5.66. The van der Waals surface area contributed by atoms with Crippen LogP contribution in [-0.2, 0) is 0 Å². The summed E-state index contributed by atoms with van der Waals surface area (Å²) >= 11 is 0. The Hall–Kier alpha value is -1.59. The summed E-state index contributed by atoms with van der Waals surface area (Å²) < 4.78 is 0. The van der Waals surface area contributed by atoms with Crippen molar-refractivity contribution in [2.24, 2.45) is 5.41 Å². The summed E-state index contributed by atoms with van der Waals surface area (Å²) in [6, 6.07) is 0. The van der Waals surface area contributed by atoms with Gasteiger partial charge in [-0.15, -0.1) is 0 Å². The molecular formula is C15H26N6. The van der Waals surface area contributed by atoms with Crippen LogP contribution in [0.25, 0.3) is 0 Å². The highest BCUT2D eigenvalue weighted by Crippen LogP contribution is 2.32. The molecule has 0 aromatic carbocycles. The third kappa shape index (κ3) is 3.19. The van der Waals surface area contributed by atoms with E-state index in [0.717, 1.165) is 44.6 Å². The number of aromatic nitrogens is 3. The molecule has 2 saturated heterocycles. The highest BCUT2D eigenvalue weighted by atomic mass is 15.4. The van der Waals surface area contributed by atoms with Crippen LogP contribution in [0, 0.1) is 5.41 Å². The summed E-state index contributed by atoms with van der Waals surface area (Å²) in [5, 5.41) is 3.24. The molecule has 0 spiro atoms. The van der Waals surface area contributed by atoms with Gasteiger partial charge in [0.15, 0.2) is 0 Å². The van der Waals surface area contributed by atoms with Gasteiger partial charge in [0.05, 0.1) is 0 Å². The molecule has 0 amide bonds. The number of nitrogens with one attached hydrogen (secondary N) is 1. The summed E-state index contributed by atoms with van der Waals surface area (Å²) in [5.41, 5.74) is 0.346. The summed E-state index contributed by atoms with van der Waals surface area (Å²) in [4.78, 5) is 18.5. The molecule has 1 N–H and O–H groups in total. The van der Waals surface area contributed by atoms with E-state index in [2.05, 4.69) is 45.9 Å². The van der Waals surface area contributed by atoms with E-state index in [0.29, 0.717) is 11.4 Å². The molecule has 2 aliphatic rings. The third-order valence-electron chi connectivity index (χ3n) is 4.30. The minimum absolute atomic E-state index is 0.346. The summed E-state index contributed by atoms with van der Waals surface area (Å²) in [7, 11) is 0. The van der Waals surface area contributed by atoms with Crippen molar-refractivity contribution in [3.8, 4) is 0 Å². The Bertz CT molecular complexity index is 495. The first-order chi connectivity index (χ1) is 10.1. The highest BCUT2D eigenvalue weighted by Gasteiger charge is 2.31. The lowest BCUT2D eigenvalue weighted by Crippen LogP contribution is -2.27. The second-order valence-corrected chi connectivity index (χ2v) is 6.82. The lowest BCUT2D eigenvalue weighted by atomic mass is 9.93. The normalized spacial score (nSPS) is 21.1. The van der Waals surface area contributed by atoms with Gasteiger partial charge in [-0.2, -0.15) is 15.0 Å². The molecular weight excluding hydrogens is 264 g/mol. The van der Waals surface area contributed by atoms with Gasteiger partial charge in [0.25, 0.3) is 0 Å². The van der Waals surface area contributed by atoms with E-state index < -0.39 is 0 Å². The highest BCUT2D eigenvalue weighted by molar-refractivity contribution is 5.46. The number of nitrogens with zero attached hydrogens (tertiary/aromatic N) is 5. The van der Waals surface area contributed by atoms with Crippen molar-refractivity contribution in [3.63, 3.8) is 0 Å². The zero-order chi connectivity index (χ0) is 14.9. The fourth-order valence-corrected chi connectivity index (χ4v) is 3.07. The number of hydrogen-bond donors (Lipinski definition) is 1. The molecule has 0 atom stereocenters. The predicted molar refractivity (Wildman–Crippen MR) is 86.0 cm³/mol.